The number of aryl methyl sites for hydroxylation is 1. The Morgan fingerprint density at radius 1 is 1.18 bits per heavy atom. The molecule has 2 nitrogen and oxygen atoms in total. The summed E-state index contributed by atoms with van der Waals surface area (Å²) in [5.41, 5.74) is 2.72. The van der Waals surface area contributed by atoms with E-state index in [-0.39, 0.29) is 0 Å². The number of nitrogens with zero attached hydrogens (tertiary/aromatic N) is 1. The van der Waals surface area contributed by atoms with E-state index in [4.69, 9.17) is 0 Å². The van der Waals surface area contributed by atoms with E-state index in [2.05, 4.69) is 48.3 Å². The molecule has 0 amide bonds. The first-order valence-electron chi connectivity index (χ1n) is 6.78. The highest BCUT2D eigenvalue weighted by molar-refractivity contribution is 5.23. The van der Waals surface area contributed by atoms with Gasteiger partial charge in [0.1, 0.15) is 0 Å². The lowest BCUT2D eigenvalue weighted by Gasteiger charge is -2.18. The minimum Gasteiger partial charge on any atom is -0.309 e. The average molecular weight is 232 g/mol. The van der Waals surface area contributed by atoms with Gasteiger partial charge in [0.25, 0.3) is 0 Å². The molecule has 1 fully saturated rings. The van der Waals surface area contributed by atoms with Crippen LogP contribution in [-0.4, -0.2) is 31.1 Å². The van der Waals surface area contributed by atoms with E-state index in [0.29, 0.717) is 6.04 Å². The molecule has 1 atom stereocenters. The van der Waals surface area contributed by atoms with Crippen molar-refractivity contribution in [2.75, 3.05) is 26.2 Å². The molecule has 1 N–H and O–H groups in total. The van der Waals surface area contributed by atoms with Crippen molar-refractivity contribution in [3.8, 4) is 0 Å². The standard InChI is InChI=1S/C15H24N2/c1-13-5-7-15(8-6-13)14(2)16-9-12-17-10-3-4-11-17/h5-8,14,16H,3-4,9-12H2,1-2H3/t14-/m1/s1. The largest absolute Gasteiger partial charge is 0.309 e. The summed E-state index contributed by atoms with van der Waals surface area (Å²) in [5.74, 6) is 0. The van der Waals surface area contributed by atoms with E-state index in [1.165, 1.54) is 43.6 Å². The van der Waals surface area contributed by atoms with Gasteiger partial charge in [-0.25, -0.2) is 0 Å². The Hall–Kier alpha value is -0.860. The lowest BCUT2D eigenvalue weighted by molar-refractivity contribution is 0.330. The molecule has 1 heterocycles. The van der Waals surface area contributed by atoms with Gasteiger partial charge in [-0.2, -0.15) is 0 Å². The van der Waals surface area contributed by atoms with Gasteiger partial charge in [-0.15, -0.1) is 0 Å². The van der Waals surface area contributed by atoms with Crippen LogP contribution in [0.4, 0.5) is 0 Å². The fourth-order valence-corrected chi connectivity index (χ4v) is 2.42. The zero-order chi connectivity index (χ0) is 12.1. The second-order valence-corrected chi connectivity index (χ2v) is 5.14. The van der Waals surface area contributed by atoms with E-state index < -0.39 is 0 Å². The predicted octanol–water partition coefficient (Wildman–Crippen LogP) is 2.74. The van der Waals surface area contributed by atoms with Gasteiger partial charge in [0, 0.05) is 19.1 Å². The molecular weight excluding hydrogens is 208 g/mol. The summed E-state index contributed by atoms with van der Waals surface area (Å²) in [6, 6.07) is 9.28. The Bertz CT molecular complexity index is 325. The van der Waals surface area contributed by atoms with Gasteiger partial charge in [-0.1, -0.05) is 29.8 Å². The lowest BCUT2D eigenvalue weighted by Crippen LogP contribution is -2.31. The number of rotatable bonds is 5. The van der Waals surface area contributed by atoms with Crippen LogP contribution < -0.4 is 5.32 Å². The zero-order valence-corrected chi connectivity index (χ0v) is 11.1. The van der Waals surface area contributed by atoms with E-state index in [1.54, 1.807) is 0 Å². The van der Waals surface area contributed by atoms with Crippen LogP contribution in [0.5, 0.6) is 0 Å². The van der Waals surface area contributed by atoms with Gasteiger partial charge in [0.15, 0.2) is 0 Å². The van der Waals surface area contributed by atoms with Crippen molar-refractivity contribution in [3.63, 3.8) is 0 Å². The molecule has 0 unspecified atom stereocenters. The Morgan fingerprint density at radius 3 is 2.47 bits per heavy atom. The normalized spacial score (nSPS) is 18.5. The smallest absolute Gasteiger partial charge is 0.0292 e. The highest BCUT2D eigenvalue weighted by atomic mass is 15.1. The topological polar surface area (TPSA) is 15.3 Å². The van der Waals surface area contributed by atoms with Gasteiger partial charge in [-0.3, -0.25) is 0 Å². The summed E-state index contributed by atoms with van der Waals surface area (Å²) in [7, 11) is 0. The molecule has 1 saturated heterocycles. The number of benzene rings is 1. The van der Waals surface area contributed by atoms with Crippen LogP contribution >= 0.6 is 0 Å². The third kappa shape index (κ3) is 3.83. The molecule has 94 valence electrons. The quantitative estimate of drug-likeness (QED) is 0.840. The molecule has 0 bridgehead atoms. The maximum Gasteiger partial charge on any atom is 0.0292 e. The van der Waals surface area contributed by atoms with Crippen LogP contribution in [0.15, 0.2) is 24.3 Å². The number of nitrogens with one attached hydrogen (secondary N) is 1. The van der Waals surface area contributed by atoms with Crippen LogP contribution in [0.1, 0.15) is 36.9 Å². The molecule has 0 aromatic heterocycles. The summed E-state index contributed by atoms with van der Waals surface area (Å²) < 4.78 is 0. The van der Waals surface area contributed by atoms with Crippen molar-refractivity contribution in [1.29, 1.82) is 0 Å². The van der Waals surface area contributed by atoms with E-state index in [9.17, 15) is 0 Å². The van der Waals surface area contributed by atoms with Gasteiger partial charge < -0.3 is 10.2 Å². The van der Waals surface area contributed by atoms with Gasteiger partial charge >= 0.3 is 0 Å². The fourth-order valence-electron chi connectivity index (χ4n) is 2.42. The van der Waals surface area contributed by atoms with Crippen LogP contribution in [0.2, 0.25) is 0 Å². The minimum atomic E-state index is 0.457. The first-order chi connectivity index (χ1) is 8.25. The van der Waals surface area contributed by atoms with Crippen LogP contribution in [0.25, 0.3) is 0 Å². The molecule has 2 heteroatoms. The molecular formula is C15H24N2. The Balaban J connectivity index is 1.72. The monoisotopic (exact) mass is 232 g/mol. The molecule has 0 saturated carbocycles. The fraction of sp³-hybridized carbons (Fsp3) is 0.600. The SMILES string of the molecule is Cc1ccc([C@@H](C)NCCN2CCCC2)cc1. The van der Waals surface area contributed by atoms with Crippen LogP contribution in [-0.2, 0) is 0 Å². The molecule has 0 spiro atoms. The number of hydrogen-bond donors (Lipinski definition) is 1. The summed E-state index contributed by atoms with van der Waals surface area (Å²) in [6.07, 6.45) is 2.76. The second kappa shape index (κ2) is 6.18. The van der Waals surface area contributed by atoms with Crippen molar-refractivity contribution < 1.29 is 0 Å². The highest BCUT2D eigenvalue weighted by Gasteiger charge is 2.11. The molecule has 1 aliphatic rings. The number of hydrogen-bond acceptors (Lipinski definition) is 2. The maximum absolute atomic E-state index is 3.60. The first-order valence-corrected chi connectivity index (χ1v) is 6.78. The molecule has 0 aliphatic carbocycles. The summed E-state index contributed by atoms with van der Waals surface area (Å²) in [5, 5.41) is 3.60. The Labute approximate surface area is 105 Å². The molecule has 17 heavy (non-hydrogen) atoms. The molecule has 1 aromatic rings. The van der Waals surface area contributed by atoms with Crippen molar-refractivity contribution in [1.82, 2.24) is 10.2 Å². The van der Waals surface area contributed by atoms with E-state index in [0.717, 1.165) is 6.54 Å². The van der Waals surface area contributed by atoms with Crippen molar-refractivity contribution >= 4 is 0 Å². The van der Waals surface area contributed by atoms with Crippen LogP contribution in [0.3, 0.4) is 0 Å². The van der Waals surface area contributed by atoms with Crippen molar-refractivity contribution in [2.45, 2.75) is 32.7 Å². The van der Waals surface area contributed by atoms with Crippen molar-refractivity contribution in [3.05, 3.63) is 35.4 Å². The number of likely N-dealkylation sites (tertiary alicyclic amines) is 1. The lowest BCUT2D eigenvalue weighted by atomic mass is 10.1. The minimum absolute atomic E-state index is 0.457. The second-order valence-electron chi connectivity index (χ2n) is 5.14. The van der Waals surface area contributed by atoms with Crippen molar-refractivity contribution in [2.24, 2.45) is 0 Å². The summed E-state index contributed by atoms with van der Waals surface area (Å²) >= 11 is 0. The maximum atomic E-state index is 3.60. The predicted molar refractivity (Wildman–Crippen MR) is 73.3 cm³/mol. The third-order valence-electron chi connectivity index (χ3n) is 3.65. The Morgan fingerprint density at radius 2 is 1.82 bits per heavy atom. The first kappa shape index (κ1) is 12.6. The van der Waals surface area contributed by atoms with E-state index >= 15 is 0 Å². The summed E-state index contributed by atoms with van der Waals surface area (Å²) in [4.78, 5) is 2.55. The van der Waals surface area contributed by atoms with Gasteiger partial charge in [0.2, 0.25) is 0 Å². The molecule has 1 aromatic carbocycles. The van der Waals surface area contributed by atoms with Gasteiger partial charge in [-0.05, 0) is 45.3 Å². The van der Waals surface area contributed by atoms with E-state index in [1.807, 2.05) is 0 Å². The molecule has 1 aliphatic heterocycles. The zero-order valence-electron chi connectivity index (χ0n) is 11.1. The summed E-state index contributed by atoms with van der Waals surface area (Å²) in [6.45, 7) is 9.25. The molecule has 2 rings (SSSR count). The third-order valence-corrected chi connectivity index (χ3v) is 3.65. The molecule has 0 radical (unpaired) electrons. The average Bonchev–Trinajstić information content (AvgIpc) is 2.83. The van der Waals surface area contributed by atoms with Gasteiger partial charge in [0.05, 0.1) is 0 Å². The highest BCUT2D eigenvalue weighted by Crippen LogP contribution is 2.13. The Kier molecular flexibility index (Phi) is 4.57. The van der Waals surface area contributed by atoms with Crippen LogP contribution in [0, 0.1) is 6.92 Å².